The molecule has 4 nitrogen and oxygen atoms in total. The van der Waals surface area contributed by atoms with Crippen molar-refractivity contribution < 1.29 is 4.42 Å². The molecular weight excluding hydrogens is 384 g/mol. The fraction of sp³-hybridized carbons (Fsp3) is 0.0526. The first-order chi connectivity index (χ1) is 12.6. The van der Waals surface area contributed by atoms with Crippen LogP contribution in [0.5, 0.6) is 0 Å². The monoisotopic (exact) mass is 396 g/mol. The van der Waals surface area contributed by atoms with E-state index >= 15 is 0 Å². The summed E-state index contributed by atoms with van der Waals surface area (Å²) in [6, 6.07) is 11.5. The highest BCUT2D eigenvalue weighted by Crippen LogP contribution is 2.43. The maximum Gasteiger partial charge on any atom is 0.202 e. The van der Waals surface area contributed by atoms with Crippen molar-refractivity contribution in [1.29, 1.82) is 0 Å². The molecule has 7 heteroatoms. The Morgan fingerprint density at radius 2 is 1.88 bits per heavy atom. The third-order valence-electron chi connectivity index (χ3n) is 4.20. The van der Waals surface area contributed by atoms with E-state index in [4.69, 9.17) is 10.2 Å². The lowest BCUT2D eigenvalue weighted by molar-refractivity contribution is 0.659. The summed E-state index contributed by atoms with van der Waals surface area (Å²) in [5.41, 5.74) is 7.95. The third kappa shape index (κ3) is 2.32. The van der Waals surface area contributed by atoms with Gasteiger partial charge in [0.25, 0.3) is 0 Å². The largest absolute Gasteiger partial charge is 0.455 e. The molecule has 4 heterocycles. The Hall–Kier alpha value is -2.48. The van der Waals surface area contributed by atoms with Crippen molar-refractivity contribution in [2.24, 2.45) is 0 Å². The van der Waals surface area contributed by atoms with Gasteiger partial charge in [-0.2, -0.15) is 0 Å². The van der Waals surface area contributed by atoms with E-state index in [1.807, 2.05) is 48.7 Å². The van der Waals surface area contributed by atoms with E-state index in [0.29, 0.717) is 27.1 Å². The van der Waals surface area contributed by atoms with Crippen LogP contribution in [0.3, 0.4) is 0 Å². The van der Waals surface area contributed by atoms with E-state index in [1.54, 1.807) is 22.7 Å². The van der Waals surface area contributed by atoms with Crippen molar-refractivity contribution in [2.75, 3.05) is 5.73 Å². The second-order valence-electron chi connectivity index (χ2n) is 5.85. The smallest absolute Gasteiger partial charge is 0.202 e. The number of nitrogen functional groups attached to an aromatic ring is 1. The number of thiophene rings is 2. The predicted octanol–water partition coefficient (Wildman–Crippen LogP) is 5.75. The van der Waals surface area contributed by atoms with Gasteiger partial charge in [-0.3, -0.25) is 4.79 Å². The standard InChI is InChI=1S/C19H12N2O2S3/c1-9-17-15(16(22)10-4-2-3-5-12(10)23-17)18(25-9)14-7-6-13(26-14)11-8-24-19(20)21-11/h2-8H,1H3,(H2,20,21). The highest BCUT2D eigenvalue weighted by molar-refractivity contribution is 7.25. The molecule has 0 fully saturated rings. The lowest BCUT2D eigenvalue weighted by Crippen LogP contribution is -2.01. The summed E-state index contributed by atoms with van der Waals surface area (Å²) in [7, 11) is 0. The van der Waals surface area contributed by atoms with Crippen molar-refractivity contribution >= 4 is 61.1 Å². The van der Waals surface area contributed by atoms with E-state index in [-0.39, 0.29) is 5.43 Å². The van der Waals surface area contributed by atoms with Crippen LogP contribution in [-0.2, 0) is 0 Å². The molecule has 1 aromatic carbocycles. The summed E-state index contributed by atoms with van der Waals surface area (Å²) < 4.78 is 6.04. The van der Waals surface area contributed by atoms with E-state index in [1.165, 1.54) is 11.3 Å². The Morgan fingerprint density at radius 1 is 1.08 bits per heavy atom. The van der Waals surface area contributed by atoms with Gasteiger partial charge in [0.05, 0.1) is 26.2 Å². The molecule has 0 aliphatic heterocycles. The SMILES string of the molecule is Cc1sc(-c2ccc(-c3csc(N)n3)s2)c2c(=O)c3ccccc3oc12. The van der Waals surface area contributed by atoms with Gasteiger partial charge in [0.1, 0.15) is 5.58 Å². The molecule has 5 aromatic rings. The fourth-order valence-corrected chi connectivity index (χ4v) is 5.82. The number of hydrogen-bond acceptors (Lipinski definition) is 7. The van der Waals surface area contributed by atoms with E-state index in [9.17, 15) is 4.79 Å². The minimum atomic E-state index is 0.0223. The molecule has 4 aromatic heterocycles. The number of hydrogen-bond donors (Lipinski definition) is 1. The predicted molar refractivity (Wildman–Crippen MR) is 111 cm³/mol. The van der Waals surface area contributed by atoms with Crippen LogP contribution in [0.2, 0.25) is 0 Å². The van der Waals surface area contributed by atoms with Crippen molar-refractivity contribution in [2.45, 2.75) is 6.92 Å². The van der Waals surface area contributed by atoms with Gasteiger partial charge < -0.3 is 10.2 Å². The van der Waals surface area contributed by atoms with Gasteiger partial charge in [0.15, 0.2) is 10.7 Å². The zero-order chi connectivity index (χ0) is 17.8. The molecule has 0 spiro atoms. The molecule has 2 N–H and O–H groups in total. The van der Waals surface area contributed by atoms with E-state index in [0.717, 1.165) is 25.2 Å². The van der Waals surface area contributed by atoms with Gasteiger partial charge in [-0.1, -0.05) is 12.1 Å². The molecule has 0 bridgehead atoms. The zero-order valence-electron chi connectivity index (χ0n) is 13.6. The number of anilines is 1. The molecule has 128 valence electrons. The Labute approximate surface area is 160 Å². The number of aromatic nitrogens is 1. The topological polar surface area (TPSA) is 69.1 Å². The van der Waals surface area contributed by atoms with Gasteiger partial charge in [-0.25, -0.2) is 4.98 Å². The average Bonchev–Trinajstić information content (AvgIpc) is 3.35. The van der Waals surface area contributed by atoms with Crippen LogP contribution in [0.1, 0.15) is 4.88 Å². The van der Waals surface area contributed by atoms with Crippen LogP contribution in [0.4, 0.5) is 5.13 Å². The molecule has 0 unspecified atom stereocenters. The lowest BCUT2D eigenvalue weighted by Gasteiger charge is -1.99. The molecule has 0 saturated heterocycles. The van der Waals surface area contributed by atoms with Gasteiger partial charge in [0.2, 0.25) is 5.43 Å². The van der Waals surface area contributed by atoms with Crippen molar-refractivity contribution in [3.8, 4) is 20.3 Å². The Kier molecular flexibility index (Phi) is 3.49. The second-order valence-corrected chi connectivity index (χ2v) is 9.05. The average molecular weight is 397 g/mol. The zero-order valence-corrected chi connectivity index (χ0v) is 16.1. The molecule has 5 rings (SSSR count). The maximum atomic E-state index is 13.1. The molecule has 26 heavy (non-hydrogen) atoms. The first-order valence-corrected chi connectivity index (χ1v) is 10.4. The van der Waals surface area contributed by atoms with Crippen LogP contribution >= 0.6 is 34.0 Å². The minimum Gasteiger partial charge on any atom is -0.455 e. The van der Waals surface area contributed by atoms with Gasteiger partial charge >= 0.3 is 0 Å². The summed E-state index contributed by atoms with van der Waals surface area (Å²) in [6.45, 7) is 1.99. The number of para-hydroxylation sites is 1. The van der Waals surface area contributed by atoms with Crippen molar-refractivity contribution in [1.82, 2.24) is 4.98 Å². The van der Waals surface area contributed by atoms with Gasteiger partial charge in [-0.05, 0) is 31.2 Å². The Bertz CT molecular complexity index is 1340. The van der Waals surface area contributed by atoms with Crippen molar-refractivity contribution in [3.05, 3.63) is 56.9 Å². The molecule has 0 radical (unpaired) electrons. The van der Waals surface area contributed by atoms with Crippen LogP contribution in [0.15, 0.2) is 51.0 Å². The summed E-state index contributed by atoms with van der Waals surface area (Å²) in [5, 5.41) is 3.78. The number of nitrogens with two attached hydrogens (primary N) is 1. The highest BCUT2D eigenvalue weighted by Gasteiger charge is 2.19. The number of benzene rings is 1. The molecule has 0 aliphatic carbocycles. The molecule has 0 aliphatic rings. The highest BCUT2D eigenvalue weighted by atomic mass is 32.1. The normalized spacial score (nSPS) is 11.6. The maximum absolute atomic E-state index is 13.1. The summed E-state index contributed by atoms with van der Waals surface area (Å²) in [5.74, 6) is 0. The molecular formula is C19H12N2O2S3. The van der Waals surface area contributed by atoms with Crippen LogP contribution in [0, 0.1) is 6.92 Å². The second kappa shape index (κ2) is 5.77. The number of aryl methyl sites for hydroxylation is 1. The fourth-order valence-electron chi connectivity index (χ4n) is 3.02. The molecule has 0 amide bonds. The summed E-state index contributed by atoms with van der Waals surface area (Å²) >= 11 is 4.63. The van der Waals surface area contributed by atoms with Gasteiger partial charge in [-0.15, -0.1) is 34.0 Å². The number of thiazole rings is 1. The number of nitrogens with zero attached hydrogens (tertiary/aromatic N) is 1. The van der Waals surface area contributed by atoms with Gasteiger partial charge in [0, 0.05) is 15.1 Å². The number of rotatable bonds is 2. The van der Waals surface area contributed by atoms with Crippen LogP contribution < -0.4 is 11.2 Å². The molecule has 0 atom stereocenters. The van der Waals surface area contributed by atoms with Crippen molar-refractivity contribution in [3.63, 3.8) is 0 Å². The summed E-state index contributed by atoms with van der Waals surface area (Å²) in [6.07, 6.45) is 0. The summed E-state index contributed by atoms with van der Waals surface area (Å²) in [4.78, 5) is 21.5. The minimum absolute atomic E-state index is 0.0223. The van der Waals surface area contributed by atoms with Crippen LogP contribution in [-0.4, -0.2) is 4.98 Å². The molecule has 0 saturated carbocycles. The third-order valence-corrected chi connectivity index (χ3v) is 7.25. The Morgan fingerprint density at radius 3 is 2.69 bits per heavy atom. The lowest BCUT2D eigenvalue weighted by atomic mass is 10.1. The van der Waals surface area contributed by atoms with Crippen LogP contribution in [0.25, 0.3) is 42.3 Å². The Balaban J connectivity index is 1.76. The first-order valence-electron chi connectivity index (χ1n) is 7.88. The van der Waals surface area contributed by atoms with E-state index in [2.05, 4.69) is 4.98 Å². The van der Waals surface area contributed by atoms with E-state index < -0.39 is 0 Å². The number of fused-ring (bicyclic) bond motifs is 2. The quantitative estimate of drug-likeness (QED) is 0.412. The first kappa shape index (κ1) is 15.7.